The van der Waals surface area contributed by atoms with Crippen LogP contribution in [0, 0.1) is 5.92 Å². The normalized spacial score (nSPS) is 21.7. The molecule has 1 aromatic carbocycles. The smallest absolute Gasteiger partial charge is 0.258 e. The number of nitrogens with one attached hydrogen (secondary N) is 2. The van der Waals surface area contributed by atoms with Crippen molar-refractivity contribution in [3.05, 3.63) is 28.7 Å². The van der Waals surface area contributed by atoms with Gasteiger partial charge in [-0.05, 0) is 37.1 Å². The predicted molar refractivity (Wildman–Crippen MR) is 85.5 cm³/mol. The topological polar surface area (TPSA) is 50.4 Å². The fourth-order valence-electron chi connectivity index (χ4n) is 2.14. The van der Waals surface area contributed by atoms with Gasteiger partial charge in [0.05, 0.1) is 0 Å². The van der Waals surface area contributed by atoms with Crippen molar-refractivity contribution in [2.45, 2.75) is 19.4 Å². The lowest BCUT2D eigenvalue weighted by atomic mass is 9.95. The van der Waals surface area contributed by atoms with Gasteiger partial charge in [-0.2, -0.15) is 0 Å². The second kappa shape index (κ2) is 8.49. The Hall–Kier alpha value is -0.780. The summed E-state index contributed by atoms with van der Waals surface area (Å²) in [6, 6.07) is 7.68. The zero-order valence-electron chi connectivity index (χ0n) is 11.4. The van der Waals surface area contributed by atoms with E-state index in [2.05, 4.69) is 33.5 Å². The summed E-state index contributed by atoms with van der Waals surface area (Å²) in [6.45, 7) is 4.09. The molecule has 0 saturated carbocycles. The van der Waals surface area contributed by atoms with E-state index in [0.29, 0.717) is 11.7 Å². The third-order valence-corrected chi connectivity index (χ3v) is 3.83. The lowest BCUT2D eigenvalue weighted by Crippen LogP contribution is -2.51. The van der Waals surface area contributed by atoms with E-state index in [1.165, 1.54) is 0 Å². The highest BCUT2D eigenvalue weighted by atomic mass is 79.9. The molecule has 112 valence electrons. The number of amides is 1. The first-order valence-corrected chi connectivity index (χ1v) is 7.33. The van der Waals surface area contributed by atoms with Crippen molar-refractivity contribution >= 4 is 34.2 Å². The van der Waals surface area contributed by atoms with E-state index in [1.54, 1.807) is 0 Å². The highest BCUT2D eigenvalue weighted by molar-refractivity contribution is 9.10. The fraction of sp³-hybridized carbons (Fsp3) is 0.500. The molecule has 2 rings (SSSR count). The molecule has 4 nitrogen and oxygen atoms in total. The molecule has 1 aliphatic heterocycles. The molecule has 1 heterocycles. The Kier molecular flexibility index (Phi) is 7.34. The molecule has 2 N–H and O–H groups in total. The number of ether oxygens (including phenoxy) is 1. The van der Waals surface area contributed by atoms with Gasteiger partial charge in [0.1, 0.15) is 5.75 Å². The Morgan fingerprint density at radius 2 is 2.35 bits per heavy atom. The van der Waals surface area contributed by atoms with Gasteiger partial charge in [-0.15, -0.1) is 12.4 Å². The number of rotatable bonds is 4. The van der Waals surface area contributed by atoms with Crippen LogP contribution in [-0.4, -0.2) is 31.6 Å². The lowest BCUT2D eigenvalue weighted by Gasteiger charge is -2.30. The minimum Gasteiger partial charge on any atom is -0.484 e. The second-order valence-electron chi connectivity index (χ2n) is 4.89. The van der Waals surface area contributed by atoms with Crippen LogP contribution in [-0.2, 0) is 4.79 Å². The van der Waals surface area contributed by atoms with Gasteiger partial charge in [-0.25, -0.2) is 0 Å². The molecule has 2 atom stereocenters. The maximum atomic E-state index is 11.8. The van der Waals surface area contributed by atoms with E-state index in [-0.39, 0.29) is 31.0 Å². The molecule has 0 aromatic heterocycles. The third kappa shape index (κ3) is 5.31. The van der Waals surface area contributed by atoms with Gasteiger partial charge in [0.2, 0.25) is 0 Å². The van der Waals surface area contributed by atoms with E-state index in [9.17, 15) is 4.79 Å². The van der Waals surface area contributed by atoms with Crippen molar-refractivity contribution in [1.29, 1.82) is 0 Å². The maximum Gasteiger partial charge on any atom is 0.258 e. The first kappa shape index (κ1) is 17.3. The molecule has 0 aliphatic carbocycles. The molecule has 0 spiro atoms. The largest absolute Gasteiger partial charge is 0.484 e. The van der Waals surface area contributed by atoms with Crippen LogP contribution >= 0.6 is 28.3 Å². The van der Waals surface area contributed by atoms with Crippen molar-refractivity contribution in [2.24, 2.45) is 5.92 Å². The summed E-state index contributed by atoms with van der Waals surface area (Å²) in [5, 5.41) is 6.31. The summed E-state index contributed by atoms with van der Waals surface area (Å²) in [5.74, 6) is 1.14. The van der Waals surface area contributed by atoms with E-state index in [4.69, 9.17) is 4.74 Å². The SMILES string of the molecule is CC1CCNCC1NC(=O)COc1cccc(Br)c1.Cl. The van der Waals surface area contributed by atoms with Crippen LogP contribution in [0.4, 0.5) is 0 Å². The van der Waals surface area contributed by atoms with Crippen molar-refractivity contribution in [3.8, 4) is 5.75 Å². The van der Waals surface area contributed by atoms with Crippen molar-refractivity contribution in [2.75, 3.05) is 19.7 Å². The lowest BCUT2D eigenvalue weighted by molar-refractivity contribution is -0.124. The summed E-state index contributed by atoms with van der Waals surface area (Å²) in [7, 11) is 0. The number of benzene rings is 1. The molecule has 0 bridgehead atoms. The zero-order chi connectivity index (χ0) is 13.7. The number of hydrogen-bond acceptors (Lipinski definition) is 3. The Balaban J connectivity index is 0.00000200. The van der Waals surface area contributed by atoms with Crippen LogP contribution in [0.3, 0.4) is 0 Å². The van der Waals surface area contributed by atoms with Gasteiger partial charge >= 0.3 is 0 Å². The highest BCUT2D eigenvalue weighted by Gasteiger charge is 2.22. The molecule has 1 amide bonds. The molecule has 20 heavy (non-hydrogen) atoms. The summed E-state index contributed by atoms with van der Waals surface area (Å²) >= 11 is 3.37. The Morgan fingerprint density at radius 3 is 3.05 bits per heavy atom. The van der Waals surface area contributed by atoms with Gasteiger partial charge in [0.25, 0.3) is 5.91 Å². The van der Waals surface area contributed by atoms with E-state index in [1.807, 2.05) is 24.3 Å². The number of piperidine rings is 1. The van der Waals surface area contributed by atoms with Crippen molar-refractivity contribution in [1.82, 2.24) is 10.6 Å². The van der Waals surface area contributed by atoms with E-state index < -0.39 is 0 Å². The monoisotopic (exact) mass is 362 g/mol. The third-order valence-electron chi connectivity index (χ3n) is 3.34. The maximum absolute atomic E-state index is 11.8. The van der Waals surface area contributed by atoms with Gasteiger partial charge in [0, 0.05) is 17.1 Å². The summed E-state index contributed by atoms with van der Waals surface area (Å²) in [6.07, 6.45) is 1.09. The first-order chi connectivity index (χ1) is 9.15. The first-order valence-electron chi connectivity index (χ1n) is 6.53. The molecule has 1 fully saturated rings. The predicted octanol–water partition coefficient (Wildman–Crippen LogP) is 2.36. The fourth-order valence-corrected chi connectivity index (χ4v) is 2.52. The van der Waals surface area contributed by atoms with Gasteiger partial charge < -0.3 is 15.4 Å². The quantitative estimate of drug-likeness (QED) is 0.863. The average Bonchev–Trinajstić information content (AvgIpc) is 2.39. The molecule has 6 heteroatoms. The number of halogens is 2. The van der Waals surface area contributed by atoms with Crippen LogP contribution in [0.25, 0.3) is 0 Å². The number of carbonyl (C=O) groups excluding carboxylic acids is 1. The van der Waals surface area contributed by atoms with E-state index in [0.717, 1.165) is 24.0 Å². The standard InChI is InChI=1S/C14H19BrN2O2.ClH/c1-10-5-6-16-8-13(10)17-14(18)9-19-12-4-2-3-11(15)7-12;/h2-4,7,10,13,16H,5-6,8-9H2,1H3,(H,17,18);1H. The van der Waals surface area contributed by atoms with Crippen molar-refractivity contribution in [3.63, 3.8) is 0 Å². The van der Waals surface area contributed by atoms with Crippen LogP contribution in [0.15, 0.2) is 28.7 Å². The Bertz CT molecular complexity index is 445. The Morgan fingerprint density at radius 1 is 1.55 bits per heavy atom. The summed E-state index contributed by atoms with van der Waals surface area (Å²) < 4.78 is 6.40. The Labute approximate surface area is 134 Å². The van der Waals surface area contributed by atoms with Crippen LogP contribution < -0.4 is 15.4 Å². The number of hydrogen-bond donors (Lipinski definition) is 2. The van der Waals surface area contributed by atoms with E-state index >= 15 is 0 Å². The second-order valence-corrected chi connectivity index (χ2v) is 5.81. The molecule has 1 aromatic rings. The summed E-state index contributed by atoms with van der Waals surface area (Å²) in [5.41, 5.74) is 0. The molecular formula is C14H20BrClN2O2. The molecule has 1 aliphatic rings. The minimum absolute atomic E-state index is 0. The van der Waals surface area contributed by atoms with Crippen LogP contribution in [0.1, 0.15) is 13.3 Å². The number of carbonyl (C=O) groups is 1. The van der Waals surface area contributed by atoms with Gasteiger partial charge in [-0.1, -0.05) is 28.9 Å². The summed E-state index contributed by atoms with van der Waals surface area (Å²) in [4.78, 5) is 11.8. The molecular weight excluding hydrogens is 344 g/mol. The van der Waals surface area contributed by atoms with Crippen LogP contribution in [0.2, 0.25) is 0 Å². The molecule has 0 radical (unpaired) electrons. The highest BCUT2D eigenvalue weighted by Crippen LogP contribution is 2.17. The molecule has 1 saturated heterocycles. The van der Waals surface area contributed by atoms with Crippen LogP contribution in [0.5, 0.6) is 5.75 Å². The van der Waals surface area contributed by atoms with Gasteiger partial charge in [-0.3, -0.25) is 4.79 Å². The van der Waals surface area contributed by atoms with Gasteiger partial charge in [0.15, 0.2) is 6.61 Å². The molecule has 2 unspecified atom stereocenters. The average molecular weight is 364 g/mol. The minimum atomic E-state index is -0.0690. The van der Waals surface area contributed by atoms with Crippen molar-refractivity contribution < 1.29 is 9.53 Å². The zero-order valence-corrected chi connectivity index (χ0v) is 13.8.